The van der Waals surface area contributed by atoms with E-state index in [-0.39, 0.29) is 18.7 Å². The number of rotatable bonds is 1. The van der Waals surface area contributed by atoms with Crippen molar-refractivity contribution in [3.63, 3.8) is 0 Å². The monoisotopic (exact) mass is 295 g/mol. The van der Waals surface area contributed by atoms with Gasteiger partial charge in [0.05, 0.1) is 6.04 Å². The van der Waals surface area contributed by atoms with E-state index in [0.29, 0.717) is 17.1 Å². The van der Waals surface area contributed by atoms with Gasteiger partial charge in [0.15, 0.2) is 11.5 Å². The third-order valence-electron chi connectivity index (χ3n) is 4.48. The molecule has 0 saturated carbocycles. The molecule has 112 valence electrons. The molecule has 0 aliphatic carbocycles. The van der Waals surface area contributed by atoms with Gasteiger partial charge in [0, 0.05) is 12.1 Å². The van der Waals surface area contributed by atoms with Crippen LogP contribution in [0.1, 0.15) is 34.5 Å². The molecular weight excluding hydrogens is 278 g/mol. The molecule has 0 bridgehead atoms. The number of benzene rings is 2. The molecular formula is C18H17NO3. The predicted molar refractivity (Wildman–Crippen MR) is 82.2 cm³/mol. The van der Waals surface area contributed by atoms with E-state index in [9.17, 15) is 4.79 Å². The van der Waals surface area contributed by atoms with Crippen LogP contribution in [-0.4, -0.2) is 24.1 Å². The largest absolute Gasteiger partial charge is 0.454 e. The Morgan fingerprint density at radius 1 is 1.14 bits per heavy atom. The summed E-state index contributed by atoms with van der Waals surface area (Å²) in [6.45, 7) is 3.05. The van der Waals surface area contributed by atoms with Crippen molar-refractivity contribution in [1.29, 1.82) is 0 Å². The average Bonchev–Trinajstić information content (AvgIpc) is 3.02. The highest BCUT2D eigenvalue weighted by Crippen LogP contribution is 2.35. The highest BCUT2D eigenvalue weighted by Gasteiger charge is 2.28. The molecule has 0 aromatic heterocycles. The average molecular weight is 295 g/mol. The Balaban J connectivity index is 1.64. The Labute approximate surface area is 129 Å². The van der Waals surface area contributed by atoms with E-state index >= 15 is 0 Å². The smallest absolute Gasteiger partial charge is 0.254 e. The molecule has 4 rings (SSSR count). The first kappa shape index (κ1) is 13.2. The number of nitrogens with zero attached hydrogens (tertiary/aromatic N) is 1. The van der Waals surface area contributed by atoms with E-state index in [0.717, 1.165) is 13.0 Å². The lowest BCUT2D eigenvalue weighted by molar-refractivity contribution is 0.0677. The fourth-order valence-corrected chi connectivity index (χ4v) is 3.24. The van der Waals surface area contributed by atoms with Gasteiger partial charge in [-0.1, -0.05) is 24.3 Å². The highest BCUT2D eigenvalue weighted by molar-refractivity contribution is 5.95. The molecule has 1 unspecified atom stereocenters. The number of ether oxygens (including phenoxy) is 2. The van der Waals surface area contributed by atoms with Gasteiger partial charge >= 0.3 is 0 Å². The SMILES string of the molecule is CC1c2ccccc2CCN1C(=O)c1ccc2c(c1)OCO2. The number of carbonyl (C=O) groups excluding carboxylic acids is 1. The Morgan fingerprint density at radius 3 is 2.86 bits per heavy atom. The zero-order valence-electron chi connectivity index (χ0n) is 12.4. The van der Waals surface area contributed by atoms with Crippen LogP contribution in [0.2, 0.25) is 0 Å². The summed E-state index contributed by atoms with van der Waals surface area (Å²) in [4.78, 5) is 14.8. The van der Waals surface area contributed by atoms with Crippen LogP contribution in [0, 0.1) is 0 Å². The van der Waals surface area contributed by atoms with E-state index in [1.807, 2.05) is 17.0 Å². The second-order valence-electron chi connectivity index (χ2n) is 5.69. The summed E-state index contributed by atoms with van der Waals surface area (Å²) < 4.78 is 10.7. The van der Waals surface area contributed by atoms with E-state index in [1.54, 1.807) is 12.1 Å². The van der Waals surface area contributed by atoms with Crippen molar-refractivity contribution in [2.24, 2.45) is 0 Å². The third-order valence-corrected chi connectivity index (χ3v) is 4.48. The molecule has 0 saturated heterocycles. The van der Waals surface area contributed by atoms with Gasteiger partial charge in [0.25, 0.3) is 5.91 Å². The molecule has 4 heteroatoms. The molecule has 22 heavy (non-hydrogen) atoms. The van der Waals surface area contributed by atoms with E-state index < -0.39 is 0 Å². The van der Waals surface area contributed by atoms with Crippen molar-refractivity contribution in [3.8, 4) is 11.5 Å². The van der Waals surface area contributed by atoms with Crippen LogP contribution in [0.25, 0.3) is 0 Å². The summed E-state index contributed by atoms with van der Waals surface area (Å²) >= 11 is 0. The lowest BCUT2D eigenvalue weighted by atomic mass is 9.93. The molecule has 2 aromatic carbocycles. The first-order chi connectivity index (χ1) is 10.7. The Hall–Kier alpha value is -2.49. The first-order valence-corrected chi connectivity index (χ1v) is 7.52. The van der Waals surface area contributed by atoms with Gasteiger partial charge in [-0.3, -0.25) is 4.79 Å². The van der Waals surface area contributed by atoms with Crippen molar-refractivity contribution in [1.82, 2.24) is 4.90 Å². The van der Waals surface area contributed by atoms with Gasteiger partial charge in [-0.25, -0.2) is 0 Å². The molecule has 0 fully saturated rings. The molecule has 2 aromatic rings. The van der Waals surface area contributed by atoms with E-state index in [1.165, 1.54) is 11.1 Å². The molecule has 0 N–H and O–H groups in total. The lowest BCUT2D eigenvalue weighted by Gasteiger charge is -2.35. The normalized spacial score (nSPS) is 19.0. The minimum Gasteiger partial charge on any atom is -0.454 e. The maximum atomic E-state index is 12.8. The molecule has 0 radical (unpaired) electrons. The molecule has 2 aliphatic rings. The summed E-state index contributed by atoms with van der Waals surface area (Å²) in [5.74, 6) is 1.39. The van der Waals surface area contributed by atoms with Gasteiger partial charge in [-0.15, -0.1) is 0 Å². The Kier molecular flexibility index (Phi) is 3.03. The topological polar surface area (TPSA) is 38.8 Å². The van der Waals surface area contributed by atoms with Crippen LogP contribution in [0.4, 0.5) is 0 Å². The maximum Gasteiger partial charge on any atom is 0.254 e. The molecule has 1 atom stereocenters. The fourth-order valence-electron chi connectivity index (χ4n) is 3.24. The van der Waals surface area contributed by atoms with Crippen molar-refractivity contribution >= 4 is 5.91 Å². The minimum absolute atomic E-state index is 0.0419. The van der Waals surface area contributed by atoms with Crippen LogP contribution in [-0.2, 0) is 6.42 Å². The van der Waals surface area contributed by atoms with Crippen LogP contribution >= 0.6 is 0 Å². The highest BCUT2D eigenvalue weighted by atomic mass is 16.7. The Bertz CT molecular complexity index is 741. The summed E-state index contributed by atoms with van der Waals surface area (Å²) in [5.41, 5.74) is 3.23. The van der Waals surface area contributed by atoms with Gasteiger partial charge < -0.3 is 14.4 Å². The van der Waals surface area contributed by atoms with Crippen LogP contribution in [0.15, 0.2) is 42.5 Å². The fraction of sp³-hybridized carbons (Fsp3) is 0.278. The van der Waals surface area contributed by atoms with Gasteiger partial charge in [-0.05, 0) is 42.7 Å². The van der Waals surface area contributed by atoms with E-state index in [4.69, 9.17) is 9.47 Å². The summed E-state index contributed by atoms with van der Waals surface area (Å²) in [6.07, 6.45) is 0.900. The molecule has 0 spiro atoms. The first-order valence-electron chi connectivity index (χ1n) is 7.52. The van der Waals surface area contributed by atoms with Crippen molar-refractivity contribution in [2.75, 3.05) is 13.3 Å². The lowest BCUT2D eigenvalue weighted by Crippen LogP contribution is -2.38. The molecule has 2 aliphatic heterocycles. The molecule has 4 nitrogen and oxygen atoms in total. The summed E-state index contributed by atoms with van der Waals surface area (Å²) in [6, 6.07) is 13.8. The quantitative estimate of drug-likeness (QED) is 0.811. The van der Waals surface area contributed by atoms with Gasteiger partial charge in [-0.2, -0.15) is 0 Å². The van der Waals surface area contributed by atoms with Gasteiger partial charge in [0.1, 0.15) is 0 Å². The number of amides is 1. The number of hydrogen-bond acceptors (Lipinski definition) is 3. The van der Waals surface area contributed by atoms with Crippen molar-refractivity contribution in [3.05, 3.63) is 59.2 Å². The zero-order valence-corrected chi connectivity index (χ0v) is 12.4. The van der Waals surface area contributed by atoms with Crippen LogP contribution in [0.3, 0.4) is 0 Å². The minimum atomic E-state index is 0.0419. The summed E-state index contributed by atoms with van der Waals surface area (Å²) in [5, 5.41) is 0. The number of carbonyl (C=O) groups is 1. The van der Waals surface area contributed by atoms with Gasteiger partial charge in [0.2, 0.25) is 6.79 Å². The van der Waals surface area contributed by atoms with Crippen LogP contribution < -0.4 is 9.47 Å². The predicted octanol–water partition coefficient (Wildman–Crippen LogP) is 3.17. The Morgan fingerprint density at radius 2 is 1.95 bits per heavy atom. The third kappa shape index (κ3) is 2.03. The second-order valence-corrected chi connectivity index (χ2v) is 5.69. The molecule has 2 heterocycles. The van der Waals surface area contributed by atoms with Crippen LogP contribution in [0.5, 0.6) is 11.5 Å². The zero-order chi connectivity index (χ0) is 15.1. The van der Waals surface area contributed by atoms with E-state index in [2.05, 4.69) is 25.1 Å². The number of fused-ring (bicyclic) bond motifs is 2. The number of hydrogen-bond donors (Lipinski definition) is 0. The maximum absolute atomic E-state index is 12.8. The second kappa shape index (κ2) is 5.05. The summed E-state index contributed by atoms with van der Waals surface area (Å²) in [7, 11) is 0. The van der Waals surface area contributed by atoms with Crippen molar-refractivity contribution in [2.45, 2.75) is 19.4 Å². The van der Waals surface area contributed by atoms with Crippen molar-refractivity contribution < 1.29 is 14.3 Å². The molecule has 1 amide bonds. The standard InChI is InChI=1S/C18H17NO3/c1-12-15-5-3-2-4-13(15)8-9-19(12)18(20)14-6-7-16-17(10-14)22-11-21-16/h2-7,10,12H,8-9,11H2,1H3.